The van der Waals surface area contributed by atoms with Crippen molar-refractivity contribution >= 4 is 28.9 Å². The summed E-state index contributed by atoms with van der Waals surface area (Å²) < 4.78 is 16.6. The predicted molar refractivity (Wildman–Crippen MR) is 126 cm³/mol. The van der Waals surface area contributed by atoms with Crippen LogP contribution in [0.25, 0.3) is 16.8 Å². The topological polar surface area (TPSA) is 81.9 Å². The highest BCUT2D eigenvalue weighted by Crippen LogP contribution is 2.39. The van der Waals surface area contributed by atoms with E-state index in [-0.39, 0.29) is 40.0 Å². The standard InChI is InChI=1S/C25H25ClN2O5/c1-5-31-25(30)21-23(27-33-24(21)19(16(2)29)14-28(3)4)18-12-9-13-20(22(18)26)32-15-17-10-7-6-8-11-17/h6-14H,5,15H2,1-4H3/b19-14+. The Bertz CT molecular complexity index is 1170. The maximum Gasteiger partial charge on any atom is 0.344 e. The zero-order valence-corrected chi connectivity index (χ0v) is 19.7. The van der Waals surface area contributed by atoms with E-state index >= 15 is 0 Å². The Morgan fingerprint density at radius 1 is 1.12 bits per heavy atom. The van der Waals surface area contributed by atoms with Gasteiger partial charge in [0.1, 0.15) is 23.6 Å². The van der Waals surface area contributed by atoms with E-state index in [1.165, 1.54) is 6.92 Å². The quantitative estimate of drug-likeness (QED) is 0.313. The van der Waals surface area contributed by atoms with E-state index in [9.17, 15) is 9.59 Å². The first-order valence-electron chi connectivity index (χ1n) is 10.3. The van der Waals surface area contributed by atoms with Crippen LogP contribution in [-0.2, 0) is 16.1 Å². The first-order valence-corrected chi connectivity index (χ1v) is 10.7. The number of ketones is 1. The molecular weight excluding hydrogens is 444 g/mol. The molecule has 0 radical (unpaired) electrons. The molecule has 0 fully saturated rings. The minimum Gasteiger partial charge on any atom is -0.487 e. The summed E-state index contributed by atoms with van der Waals surface area (Å²) in [6.45, 7) is 3.54. The van der Waals surface area contributed by atoms with Crippen molar-refractivity contribution in [2.75, 3.05) is 20.7 Å². The average molecular weight is 469 g/mol. The molecule has 3 aromatic rings. The van der Waals surface area contributed by atoms with Crippen LogP contribution in [0, 0.1) is 0 Å². The number of carbonyl (C=O) groups is 2. The number of nitrogens with zero attached hydrogens (tertiary/aromatic N) is 2. The molecule has 33 heavy (non-hydrogen) atoms. The summed E-state index contributed by atoms with van der Waals surface area (Å²) in [6.07, 6.45) is 1.57. The maximum atomic E-state index is 12.9. The Kier molecular flexibility index (Phi) is 7.90. The molecule has 1 heterocycles. The van der Waals surface area contributed by atoms with Crippen molar-refractivity contribution in [1.29, 1.82) is 0 Å². The third kappa shape index (κ3) is 5.62. The number of benzene rings is 2. The minimum atomic E-state index is -0.665. The third-order valence-corrected chi connectivity index (χ3v) is 5.03. The van der Waals surface area contributed by atoms with Crippen molar-refractivity contribution in [3.63, 3.8) is 0 Å². The molecule has 0 saturated carbocycles. The van der Waals surface area contributed by atoms with E-state index in [2.05, 4.69) is 5.16 Å². The molecule has 1 aromatic heterocycles. The van der Waals surface area contributed by atoms with E-state index in [0.29, 0.717) is 17.9 Å². The van der Waals surface area contributed by atoms with Gasteiger partial charge in [-0.3, -0.25) is 4.79 Å². The monoisotopic (exact) mass is 468 g/mol. The van der Waals surface area contributed by atoms with Crippen LogP contribution in [0.4, 0.5) is 0 Å². The number of aromatic nitrogens is 1. The van der Waals surface area contributed by atoms with Crippen LogP contribution in [0.15, 0.2) is 59.3 Å². The minimum absolute atomic E-state index is 0.0244. The van der Waals surface area contributed by atoms with Crippen LogP contribution in [0.3, 0.4) is 0 Å². The molecular formula is C25H25ClN2O5. The number of ether oxygens (including phenoxy) is 2. The summed E-state index contributed by atoms with van der Waals surface area (Å²) >= 11 is 6.65. The van der Waals surface area contributed by atoms with Gasteiger partial charge in [0.2, 0.25) is 0 Å². The SMILES string of the molecule is CCOC(=O)c1c(-c2cccc(OCc3ccccc3)c2Cl)noc1/C(=C/N(C)C)C(C)=O. The summed E-state index contributed by atoms with van der Waals surface area (Å²) in [5.74, 6) is -0.506. The Morgan fingerprint density at radius 2 is 1.85 bits per heavy atom. The lowest BCUT2D eigenvalue weighted by atomic mass is 10.0. The lowest BCUT2D eigenvalue weighted by molar-refractivity contribution is -0.111. The highest BCUT2D eigenvalue weighted by molar-refractivity contribution is 6.35. The highest BCUT2D eigenvalue weighted by atomic mass is 35.5. The van der Waals surface area contributed by atoms with Crippen LogP contribution in [0.2, 0.25) is 5.02 Å². The fourth-order valence-electron chi connectivity index (χ4n) is 3.16. The van der Waals surface area contributed by atoms with Gasteiger partial charge in [0.25, 0.3) is 0 Å². The molecule has 0 bridgehead atoms. The van der Waals surface area contributed by atoms with Gasteiger partial charge < -0.3 is 18.9 Å². The van der Waals surface area contributed by atoms with Gasteiger partial charge in [0, 0.05) is 25.9 Å². The second-order valence-corrected chi connectivity index (χ2v) is 7.79. The number of hydrogen-bond acceptors (Lipinski definition) is 7. The third-order valence-electron chi connectivity index (χ3n) is 4.64. The molecule has 7 nitrogen and oxygen atoms in total. The molecule has 0 saturated heterocycles. The lowest BCUT2D eigenvalue weighted by Gasteiger charge is -2.12. The van der Waals surface area contributed by atoms with Crippen LogP contribution in [0.1, 0.15) is 35.5 Å². The molecule has 3 rings (SSSR count). The molecule has 172 valence electrons. The van der Waals surface area contributed by atoms with E-state index in [1.807, 2.05) is 30.3 Å². The zero-order chi connectivity index (χ0) is 24.0. The molecule has 2 aromatic carbocycles. The van der Waals surface area contributed by atoms with Gasteiger partial charge in [-0.25, -0.2) is 4.79 Å². The fraction of sp³-hybridized carbons (Fsp3) is 0.240. The van der Waals surface area contributed by atoms with E-state index in [1.54, 1.807) is 50.3 Å². The number of allylic oxidation sites excluding steroid dienone is 1. The van der Waals surface area contributed by atoms with Crippen molar-refractivity contribution in [1.82, 2.24) is 10.1 Å². The molecule has 0 aliphatic carbocycles. The van der Waals surface area contributed by atoms with Crippen molar-refractivity contribution < 1.29 is 23.6 Å². The molecule has 0 amide bonds. The average Bonchev–Trinajstić information content (AvgIpc) is 3.22. The van der Waals surface area contributed by atoms with Crippen molar-refractivity contribution in [2.24, 2.45) is 0 Å². The van der Waals surface area contributed by atoms with Crippen molar-refractivity contribution in [3.8, 4) is 17.0 Å². The predicted octanol–water partition coefficient (Wildman–Crippen LogP) is 5.24. The molecule has 0 N–H and O–H groups in total. The van der Waals surface area contributed by atoms with Crippen LogP contribution >= 0.6 is 11.6 Å². The second kappa shape index (κ2) is 10.8. The van der Waals surface area contributed by atoms with E-state index in [0.717, 1.165) is 5.56 Å². The molecule has 8 heteroatoms. The smallest absolute Gasteiger partial charge is 0.344 e. The van der Waals surface area contributed by atoms with Crippen LogP contribution < -0.4 is 4.74 Å². The number of hydrogen-bond donors (Lipinski definition) is 0. The number of Topliss-reactive ketones (excluding diaryl/α,β-unsaturated/α-hetero) is 1. The van der Waals surface area contributed by atoms with Crippen molar-refractivity contribution in [3.05, 3.63) is 76.6 Å². The largest absolute Gasteiger partial charge is 0.487 e. The van der Waals surface area contributed by atoms with E-state index < -0.39 is 5.97 Å². The zero-order valence-electron chi connectivity index (χ0n) is 18.9. The number of carbonyl (C=O) groups excluding carboxylic acids is 2. The molecule has 0 unspecified atom stereocenters. The van der Waals surface area contributed by atoms with E-state index in [4.69, 9.17) is 25.6 Å². The summed E-state index contributed by atoms with van der Waals surface area (Å²) in [4.78, 5) is 26.9. The summed E-state index contributed by atoms with van der Waals surface area (Å²) in [5.41, 5.74) is 1.80. The fourth-order valence-corrected chi connectivity index (χ4v) is 3.43. The van der Waals surface area contributed by atoms with Gasteiger partial charge in [-0.05, 0) is 25.5 Å². The molecule has 0 atom stereocenters. The highest BCUT2D eigenvalue weighted by Gasteiger charge is 2.30. The van der Waals surface area contributed by atoms with Gasteiger partial charge >= 0.3 is 5.97 Å². The van der Waals surface area contributed by atoms with Crippen LogP contribution in [0.5, 0.6) is 5.75 Å². The summed E-state index contributed by atoms with van der Waals surface area (Å²) in [5, 5.41) is 4.36. The molecule has 0 spiro atoms. The Balaban J connectivity index is 2.08. The van der Waals surface area contributed by atoms with Gasteiger partial charge in [-0.15, -0.1) is 0 Å². The normalized spacial score (nSPS) is 11.2. The summed E-state index contributed by atoms with van der Waals surface area (Å²) in [7, 11) is 3.52. The van der Waals surface area contributed by atoms with Crippen LogP contribution in [-0.4, -0.2) is 42.5 Å². The van der Waals surface area contributed by atoms with Gasteiger partial charge in [-0.1, -0.05) is 59.2 Å². The first kappa shape index (κ1) is 24.1. The van der Waals surface area contributed by atoms with Crippen molar-refractivity contribution in [2.45, 2.75) is 20.5 Å². The Hall–Kier alpha value is -3.58. The Labute approximate surface area is 197 Å². The van der Waals surface area contributed by atoms with Gasteiger partial charge in [0.05, 0.1) is 17.2 Å². The first-order chi connectivity index (χ1) is 15.8. The Morgan fingerprint density at radius 3 is 2.48 bits per heavy atom. The van der Waals surface area contributed by atoms with Gasteiger partial charge in [-0.2, -0.15) is 0 Å². The van der Waals surface area contributed by atoms with Gasteiger partial charge in [0.15, 0.2) is 11.5 Å². The lowest BCUT2D eigenvalue weighted by Crippen LogP contribution is -2.11. The number of esters is 1. The molecule has 0 aliphatic heterocycles. The second-order valence-electron chi connectivity index (χ2n) is 7.41. The maximum absolute atomic E-state index is 12.9. The number of rotatable bonds is 9. The number of halogens is 1. The molecule has 0 aliphatic rings. The summed E-state index contributed by atoms with van der Waals surface area (Å²) in [6, 6.07) is 14.8.